The van der Waals surface area contributed by atoms with Crippen LogP contribution in [-0.4, -0.2) is 16.9 Å². The van der Waals surface area contributed by atoms with Crippen LogP contribution in [0.25, 0.3) is 10.9 Å². The number of carbonyl (C=O) groups excluding carboxylic acids is 1. The van der Waals surface area contributed by atoms with Crippen molar-refractivity contribution in [3.8, 4) is 0 Å². The molecule has 0 unspecified atom stereocenters. The predicted octanol–water partition coefficient (Wildman–Crippen LogP) is 2.82. The Labute approximate surface area is 105 Å². The van der Waals surface area contributed by atoms with Gasteiger partial charge in [0.05, 0.1) is 5.56 Å². The molecule has 0 radical (unpaired) electrons. The molecule has 0 saturated heterocycles. The van der Waals surface area contributed by atoms with Crippen LogP contribution in [0.4, 0.5) is 4.39 Å². The zero-order chi connectivity index (χ0) is 13.3. The first-order valence-corrected chi connectivity index (χ1v) is 5.86. The lowest BCUT2D eigenvalue weighted by Gasteiger charge is -2.11. The number of fused-ring (bicyclic) bond motifs is 1. The molecule has 0 atom stereocenters. The van der Waals surface area contributed by atoms with Gasteiger partial charge in [0.2, 0.25) is 0 Å². The summed E-state index contributed by atoms with van der Waals surface area (Å²) in [6.07, 6.45) is 0. The average Bonchev–Trinajstić information content (AvgIpc) is 2.28. The number of carbonyl (C=O) groups is 1. The van der Waals surface area contributed by atoms with Crippen molar-refractivity contribution in [1.29, 1.82) is 0 Å². The molecule has 4 heteroatoms. The maximum atomic E-state index is 13.7. The molecular weight excluding hydrogens is 231 g/mol. The normalized spacial score (nSPS) is 10.9. The molecule has 0 saturated carbocycles. The van der Waals surface area contributed by atoms with Crippen LogP contribution in [0.2, 0.25) is 0 Å². The number of hydrogen-bond donors (Lipinski definition) is 1. The topological polar surface area (TPSA) is 42.0 Å². The molecule has 1 aromatic heterocycles. The molecule has 18 heavy (non-hydrogen) atoms. The molecule has 0 fully saturated rings. The van der Waals surface area contributed by atoms with Crippen LogP contribution >= 0.6 is 0 Å². The molecule has 1 amide bonds. The molecule has 0 bridgehead atoms. The Kier molecular flexibility index (Phi) is 3.28. The summed E-state index contributed by atoms with van der Waals surface area (Å²) in [6.45, 7) is 5.52. The van der Waals surface area contributed by atoms with E-state index in [4.69, 9.17) is 0 Å². The fourth-order valence-electron chi connectivity index (χ4n) is 1.87. The first-order chi connectivity index (χ1) is 8.49. The van der Waals surface area contributed by atoms with Crippen LogP contribution in [0.3, 0.4) is 0 Å². The fourth-order valence-corrected chi connectivity index (χ4v) is 1.87. The third-order valence-electron chi connectivity index (χ3n) is 2.58. The quantitative estimate of drug-likeness (QED) is 0.885. The third-order valence-corrected chi connectivity index (χ3v) is 2.58. The lowest BCUT2D eigenvalue weighted by Crippen LogP contribution is -2.30. The summed E-state index contributed by atoms with van der Waals surface area (Å²) in [6, 6.07) is 6.36. The van der Waals surface area contributed by atoms with E-state index in [1.807, 2.05) is 13.8 Å². The zero-order valence-corrected chi connectivity index (χ0v) is 10.6. The maximum Gasteiger partial charge on any atom is 0.252 e. The summed E-state index contributed by atoms with van der Waals surface area (Å²) in [5.74, 6) is -0.610. The Morgan fingerprint density at radius 2 is 2.11 bits per heavy atom. The van der Waals surface area contributed by atoms with Crippen molar-refractivity contribution in [1.82, 2.24) is 10.3 Å². The number of para-hydroxylation sites is 1. The van der Waals surface area contributed by atoms with Gasteiger partial charge in [0.15, 0.2) is 0 Å². The standard InChI is InChI=1S/C14H15FN2O/c1-8(2)16-14(18)11-7-9(3)17-13-10(11)5-4-6-12(13)15/h4-8H,1-3H3,(H,16,18). The van der Waals surface area contributed by atoms with Crippen molar-refractivity contribution in [3.63, 3.8) is 0 Å². The predicted molar refractivity (Wildman–Crippen MR) is 69.0 cm³/mol. The molecule has 1 heterocycles. The lowest BCUT2D eigenvalue weighted by atomic mass is 10.1. The van der Waals surface area contributed by atoms with E-state index in [1.54, 1.807) is 25.1 Å². The van der Waals surface area contributed by atoms with Crippen LogP contribution in [0, 0.1) is 12.7 Å². The first kappa shape index (κ1) is 12.5. The third kappa shape index (κ3) is 2.32. The number of rotatable bonds is 2. The van der Waals surface area contributed by atoms with E-state index >= 15 is 0 Å². The fraction of sp³-hybridized carbons (Fsp3) is 0.286. The summed E-state index contributed by atoms with van der Waals surface area (Å²) < 4.78 is 13.7. The minimum absolute atomic E-state index is 0.0366. The number of benzene rings is 1. The van der Waals surface area contributed by atoms with Crippen molar-refractivity contribution in [2.75, 3.05) is 0 Å². The van der Waals surface area contributed by atoms with Crippen molar-refractivity contribution in [2.45, 2.75) is 26.8 Å². The summed E-state index contributed by atoms with van der Waals surface area (Å²) in [7, 11) is 0. The summed E-state index contributed by atoms with van der Waals surface area (Å²) >= 11 is 0. The minimum atomic E-state index is -0.408. The number of pyridine rings is 1. The van der Waals surface area contributed by atoms with Gasteiger partial charge in [-0.15, -0.1) is 0 Å². The van der Waals surface area contributed by atoms with E-state index < -0.39 is 5.82 Å². The van der Waals surface area contributed by atoms with Gasteiger partial charge < -0.3 is 5.32 Å². The van der Waals surface area contributed by atoms with Crippen LogP contribution in [0.5, 0.6) is 0 Å². The summed E-state index contributed by atoms with van der Waals surface area (Å²) in [5, 5.41) is 3.35. The number of nitrogens with one attached hydrogen (secondary N) is 1. The smallest absolute Gasteiger partial charge is 0.252 e. The van der Waals surface area contributed by atoms with E-state index in [2.05, 4.69) is 10.3 Å². The minimum Gasteiger partial charge on any atom is -0.350 e. The average molecular weight is 246 g/mol. The Morgan fingerprint density at radius 3 is 2.78 bits per heavy atom. The van der Waals surface area contributed by atoms with Gasteiger partial charge in [-0.1, -0.05) is 12.1 Å². The highest BCUT2D eigenvalue weighted by Crippen LogP contribution is 2.21. The second kappa shape index (κ2) is 4.72. The monoisotopic (exact) mass is 246 g/mol. The first-order valence-electron chi connectivity index (χ1n) is 5.86. The highest BCUT2D eigenvalue weighted by Gasteiger charge is 2.14. The summed E-state index contributed by atoms with van der Waals surface area (Å²) in [5.41, 5.74) is 1.33. The molecular formula is C14H15FN2O. The van der Waals surface area contributed by atoms with E-state index in [0.717, 1.165) is 0 Å². The molecule has 94 valence electrons. The van der Waals surface area contributed by atoms with E-state index in [-0.39, 0.29) is 17.5 Å². The van der Waals surface area contributed by atoms with Gasteiger partial charge in [0, 0.05) is 17.1 Å². The Morgan fingerprint density at radius 1 is 1.39 bits per heavy atom. The number of hydrogen-bond acceptors (Lipinski definition) is 2. The SMILES string of the molecule is Cc1cc(C(=O)NC(C)C)c2cccc(F)c2n1. The van der Waals surface area contributed by atoms with Gasteiger partial charge in [-0.2, -0.15) is 0 Å². The molecule has 0 aliphatic rings. The van der Waals surface area contributed by atoms with Crippen molar-refractivity contribution in [3.05, 3.63) is 41.3 Å². The Bertz CT molecular complexity index is 608. The van der Waals surface area contributed by atoms with Crippen LogP contribution < -0.4 is 5.32 Å². The van der Waals surface area contributed by atoms with Crippen molar-refractivity contribution < 1.29 is 9.18 Å². The van der Waals surface area contributed by atoms with Crippen molar-refractivity contribution in [2.24, 2.45) is 0 Å². The molecule has 0 aliphatic heterocycles. The van der Waals surface area contributed by atoms with Gasteiger partial charge in [0.1, 0.15) is 11.3 Å². The van der Waals surface area contributed by atoms with Gasteiger partial charge in [0.25, 0.3) is 5.91 Å². The number of aryl methyl sites for hydroxylation is 1. The van der Waals surface area contributed by atoms with Gasteiger partial charge in [-0.3, -0.25) is 4.79 Å². The molecule has 1 N–H and O–H groups in total. The van der Waals surface area contributed by atoms with E-state index in [1.165, 1.54) is 6.07 Å². The molecule has 0 spiro atoms. The second-order valence-electron chi connectivity index (χ2n) is 4.58. The molecule has 2 aromatic rings. The second-order valence-corrected chi connectivity index (χ2v) is 4.58. The maximum absolute atomic E-state index is 13.7. The number of halogens is 1. The number of aromatic nitrogens is 1. The highest BCUT2D eigenvalue weighted by atomic mass is 19.1. The largest absolute Gasteiger partial charge is 0.350 e. The highest BCUT2D eigenvalue weighted by molar-refractivity contribution is 6.06. The van der Waals surface area contributed by atoms with Crippen LogP contribution in [-0.2, 0) is 0 Å². The number of amides is 1. The van der Waals surface area contributed by atoms with Crippen LogP contribution in [0.1, 0.15) is 29.9 Å². The lowest BCUT2D eigenvalue weighted by molar-refractivity contribution is 0.0944. The van der Waals surface area contributed by atoms with Gasteiger partial charge in [-0.25, -0.2) is 9.37 Å². The molecule has 2 rings (SSSR count). The molecule has 0 aliphatic carbocycles. The van der Waals surface area contributed by atoms with Crippen molar-refractivity contribution >= 4 is 16.8 Å². The van der Waals surface area contributed by atoms with E-state index in [0.29, 0.717) is 16.6 Å². The molecule has 3 nitrogen and oxygen atoms in total. The Hall–Kier alpha value is -1.97. The summed E-state index contributed by atoms with van der Waals surface area (Å²) in [4.78, 5) is 16.2. The van der Waals surface area contributed by atoms with Gasteiger partial charge in [-0.05, 0) is 32.9 Å². The Balaban J connectivity index is 2.63. The van der Waals surface area contributed by atoms with E-state index in [9.17, 15) is 9.18 Å². The molecule has 1 aromatic carbocycles. The number of nitrogens with zero attached hydrogens (tertiary/aromatic N) is 1. The van der Waals surface area contributed by atoms with Crippen LogP contribution in [0.15, 0.2) is 24.3 Å². The zero-order valence-electron chi connectivity index (χ0n) is 10.6. The van der Waals surface area contributed by atoms with Gasteiger partial charge >= 0.3 is 0 Å².